The number of thiol groups is 1. The fourth-order valence-corrected chi connectivity index (χ4v) is 3.72. The average Bonchev–Trinajstić information content (AvgIpc) is 2.72. The predicted molar refractivity (Wildman–Crippen MR) is 135 cm³/mol. The number of alkyl carbamates (subject to hydrolysis) is 1. The van der Waals surface area contributed by atoms with E-state index < -0.39 is 29.7 Å². The number of amides is 3. The Labute approximate surface area is 203 Å². The van der Waals surface area contributed by atoms with Crippen LogP contribution in [0.2, 0.25) is 0 Å². The van der Waals surface area contributed by atoms with E-state index in [1.165, 1.54) is 4.90 Å². The van der Waals surface area contributed by atoms with Crippen LogP contribution in [0.25, 0.3) is 0 Å². The van der Waals surface area contributed by atoms with E-state index in [0.717, 1.165) is 29.5 Å². The zero-order valence-electron chi connectivity index (χ0n) is 20.7. The molecule has 7 nitrogen and oxygen atoms in total. The van der Waals surface area contributed by atoms with Gasteiger partial charge in [-0.1, -0.05) is 37.6 Å². The average molecular weight is 478 g/mol. The number of unbranched alkanes of at least 4 members (excludes halogenated alkanes) is 1. The molecular weight excluding hydrogens is 438 g/mol. The highest BCUT2D eigenvalue weighted by atomic mass is 32.1. The van der Waals surface area contributed by atoms with E-state index in [9.17, 15) is 14.4 Å². The Morgan fingerprint density at radius 3 is 2.30 bits per heavy atom. The van der Waals surface area contributed by atoms with Gasteiger partial charge in [0.2, 0.25) is 11.8 Å². The molecule has 1 rings (SSSR count). The smallest absolute Gasteiger partial charge is 0.408 e. The molecule has 0 aliphatic rings. The number of ether oxygens (including phenoxy) is 1. The van der Waals surface area contributed by atoms with Gasteiger partial charge in [-0.2, -0.15) is 12.6 Å². The molecule has 0 aromatic heterocycles. The zero-order valence-corrected chi connectivity index (χ0v) is 21.6. The van der Waals surface area contributed by atoms with Gasteiger partial charge in [0.25, 0.3) is 0 Å². The van der Waals surface area contributed by atoms with Crippen molar-refractivity contribution in [3.8, 4) is 0 Å². The van der Waals surface area contributed by atoms with Crippen LogP contribution < -0.4 is 10.6 Å². The standard InChI is InChI=1S/C25H39N3O4S/c1-8-10-14-26-22(29)21(20-17(3)12-11-13-18(20)4)28(15-9-2)23(30)19(16-33)27-24(31)32-25(5,6)7/h9,11-13,19,21,33H,2,8,10,14-16H2,1,3-7H3,(H,26,29)(H,27,31). The lowest BCUT2D eigenvalue weighted by Crippen LogP contribution is -2.54. The van der Waals surface area contributed by atoms with E-state index in [1.54, 1.807) is 26.8 Å². The SMILES string of the molecule is C=CCN(C(=O)C(CS)NC(=O)OC(C)(C)C)C(C(=O)NCCCC)c1c(C)cccc1C. The first-order valence-corrected chi connectivity index (χ1v) is 12.0. The van der Waals surface area contributed by atoms with Gasteiger partial charge in [-0.25, -0.2) is 4.79 Å². The van der Waals surface area contributed by atoms with Gasteiger partial charge >= 0.3 is 6.09 Å². The van der Waals surface area contributed by atoms with Crippen molar-refractivity contribution in [1.82, 2.24) is 15.5 Å². The first-order chi connectivity index (χ1) is 15.5. The zero-order chi connectivity index (χ0) is 25.2. The summed E-state index contributed by atoms with van der Waals surface area (Å²) in [6.45, 7) is 15.5. The van der Waals surface area contributed by atoms with Crippen LogP contribution in [0.4, 0.5) is 4.79 Å². The van der Waals surface area contributed by atoms with Gasteiger partial charge in [-0.15, -0.1) is 6.58 Å². The lowest BCUT2D eigenvalue weighted by atomic mass is 9.93. The highest BCUT2D eigenvalue weighted by molar-refractivity contribution is 7.80. The minimum Gasteiger partial charge on any atom is -0.444 e. The monoisotopic (exact) mass is 477 g/mol. The van der Waals surface area contributed by atoms with Crippen LogP contribution in [0.15, 0.2) is 30.9 Å². The molecule has 33 heavy (non-hydrogen) atoms. The Morgan fingerprint density at radius 1 is 1.21 bits per heavy atom. The highest BCUT2D eigenvalue weighted by Gasteiger charge is 2.36. The molecular formula is C25H39N3O4S. The summed E-state index contributed by atoms with van der Waals surface area (Å²) in [5.41, 5.74) is 1.84. The molecule has 8 heteroatoms. The Morgan fingerprint density at radius 2 is 1.82 bits per heavy atom. The molecule has 0 saturated heterocycles. The molecule has 0 aliphatic carbocycles. The summed E-state index contributed by atoms with van der Waals surface area (Å²) in [6, 6.07) is 3.90. The van der Waals surface area contributed by atoms with Crippen LogP contribution in [0.1, 0.15) is 63.3 Å². The molecule has 0 spiro atoms. The Balaban J connectivity index is 3.39. The molecule has 2 unspecified atom stereocenters. The van der Waals surface area contributed by atoms with Crippen molar-refractivity contribution in [2.75, 3.05) is 18.8 Å². The van der Waals surface area contributed by atoms with Crippen molar-refractivity contribution in [1.29, 1.82) is 0 Å². The van der Waals surface area contributed by atoms with Crippen LogP contribution in [0.3, 0.4) is 0 Å². The second kappa shape index (κ2) is 13.3. The van der Waals surface area contributed by atoms with Gasteiger partial charge in [0.15, 0.2) is 0 Å². The van der Waals surface area contributed by atoms with E-state index >= 15 is 0 Å². The Bertz CT molecular complexity index is 815. The number of hydrogen-bond acceptors (Lipinski definition) is 5. The number of benzene rings is 1. The van der Waals surface area contributed by atoms with Gasteiger partial charge in [0.1, 0.15) is 17.7 Å². The molecule has 0 bridgehead atoms. The third-order valence-electron chi connectivity index (χ3n) is 4.99. The van der Waals surface area contributed by atoms with Crippen molar-refractivity contribution in [2.24, 2.45) is 0 Å². The second-order valence-corrected chi connectivity index (χ2v) is 9.38. The minimum atomic E-state index is -0.974. The van der Waals surface area contributed by atoms with Crippen molar-refractivity contribution < 1.29 is 19.1 Å². The van der Waals surface area contributed by atoms with E-state index in [-0.39, 0.29) is 18.2 Å². The van der Waals surface area contributed by atoms with Crippen molar-refractivity contribution in [3.63, 3.8) is 0 Å². The fourth-order valence-electron chi connectivity index (χ4n) is 3.47. The topological polar surface area (TPSA) is 87.7 Å². The molecule has 0 fully saturated rings. The minimum absolute atomic E-state index is 0.0443. The van der Waals surface area contributed by atoms with E-state index in [2.05, 4.69) is 29.8 Å². The van der Waals surface area contributed by atoms with Crippen LogP contribution >= 0.6 is 12.6 Å². The largest absolute Gasteiger partial charge is 0.444 e. The van der Waals surface area contributed by atoms with E-state index in [1.807, 2.05) is 39.0 Å². The van der Waals surface area contributed by atoms with Gasteiger partial charge in [0.05, 0.1) is 0 Å². The van der Waals surface area contributed by atoms with Crippen LogP contribution in [-0.4, -0.2) is 53.3 Å². The number of nitrogens with one attached hydrogen (secondary N) is 2. The summed E-state index contributed by atoms with van der Waals surface area (Å²) in [5, 5.41) is 5.55. The number of carbonyl (C=O) groups is 3. The summed E-state index contributed by atoms with van der Waals surface area (Å²) in [6.07, 6.45) is 2.62. The fraction of sp³-hybridized carbons (Fsp3) is 0.560. The number of carbonyl (C=O) groups excluding carboxylic acids is 3. The second-order valence-electron chi connectivity index (χ2n) is 9.01. The summed E-state index contributed by atoms with van der Waals surface area (Å²) in [7, 11) is 0. The third kappa shape index (κ3) is 8.76. The van der Waals surface area contributed by atoms with E-state index in [0.29, 0.717) is 6.54 Å². The molecule has 0 saturated carbocycles. The first-order valence-electron chi connectivity index (χ1n) is 11.3. The maximum Gasteiger partial charge on any atom is 0.408 e. The molecule has 3 amide bonds. The summed E-state index contributed by atoms with van der Waals surface area (Å²) in [5.74, 6) is -0.664. The van der Waals surface area contributed by atoms with Crippen molar-refractivity contribution in [2.45, 2.75) is 72.1 Å². The van der Waals surface area contributed by atoms with E-state index in [4.69, 9.17) is 4.74 Å². The van der Waals surface area contributed by atoms with Gasteiger partial charge in [-0.05, 0) is 57.7 Å². The predicted octanol–water partition coefficient (Wildman–Crippen LogP) is 4.10. The van der Waals surface area contributed by atoms with Crippen molar-refractivity contribution in [3.05, 3.63) is 47.5 Å². The summed E-state index contributed by atoms with van der Waals surface area (Å²) in [4.78, 5) is 40.8. The number of rotatable bonds is 11. The lowest BCUT2D eigenvalue weighted by molar-refractivity contribution is -0.141. The molecule has 184 valence electrons. The third-order valence-corrected chi connectivity index (χ3v) is 5.35. The van der Waals surface area contributed by atoms with Gasteiger partial charge < -0.3 is 20.3 Å². The molecule has 1 aromatic carbocycles. The molecule has 0 aliphatic heterocycles. The van der Waals surface area contributed by atoms with Crippen LogP contribution in [0, 0.1) is 13.8 Å². The summed E-state index contributed by atoms with van der Waals surface area (Å²) >= 11 is 4.28. The number of aryl methyl sites for hydroxylation is 2. The molecule has 0 radical (unpaired) electrons. The number of hydrogen-bond donors (Lipinski definition) is 3. The van der Waals surface area contributed by atoms with Gasteiger partial charge in [-0.3, -0.25) is 9.59 Å². The Hall–Kier alpha value is -2.48. The molecule has 2 N–H and O–H groups in total. The van der Waals surface area contributed by atoms with Crippen molar-refractivity contribution >= 4 is 30.5 Å². The van der Waals surface area contributed by atoms with Crippen LogP contribution in [0.5, 0.6) is 0 Å². The maximum absolute atomic E-state index is 13.6. The quantitative estimate of drug-likeness (QED) is 0.254. The summed E-state index contributed by atoms with van der Waals surface area (Å²) < 4.78 is 5.30. The van der Waals surface area contributed by atoms with Crippen LogP contribution in [-0.2, 0) is 14.3 Å². The number of nitrogens with zero attached hydrogens (tertiary/aromatic N) is 1. The first kappa shape index (κ1) is 28.6. The molecule has 1 aromatic rings. The van der Waals surface area contributed by atoms with Gasteiger partial charge in [0, 0.05) is 18.8 Å². The highest BCUT2D eigenvalue weighted by Crippen LogP contribution is 2.28. The lowest BCUT2D eigenvalue weighted by Gasteiger charge is -2.34. The molecule has 0 heterocycles. The molecule has 2 atom stereocenters. The maximum atomic E-state index is 13.6. The Kier molecular flexibility index (Phi) is 11.5. The normalized spacial score (nSPS) is 12.9.